The summed E-state index contributed by atoms with van der Waals surface area (Å²) in [7, 11) is 0. The Morgan fingerprint density at radius 1 is 1.29 bits per heavy atom. The minimum absolute atomic E-state index is 0.0256. The molecule has 9 unspecified atom stereocenters. The van der Waals surface area contributed by atoms with E-state index in [0.717, 1.165) is 6.42 Å². The number of ether oxygens (including phenoxy) is 1. The largest absolute Gasteiger partial charge is 0.451 e. The summed E-state index contributed by atoms with van der Waals surface area (Å²) in [6.45, 7) is 15.0. The van der Waals surface area contributed by atoms with Gasteiger partial charge in [0.2, 0.25) is 0 Å². The van der Waals surface area contributed by atoms with Gasteiger partial charge in [-0.1, -0.05) is 46.4 Å². The van der Waals surface area contributed by atoms with E-state index in [-0.39, 0.29) is 33.8 Å². The Labute approximate surface area is 184 Å². The average Bonchev–Trinajstić information content (AvgIpc) is 3.05. The van der Waals surface area contributed by atoms with Crippen molar-refractivity contribution in [2.75, 3.05) is 6.61 Å². The smallest absolute Gasteiger partial charge is 0.333 e. The maximum atomic E-state index is 12.4. The zero-order valence-electron chi connectivity index (χ0n) is 19.3. The molecule has 31 heavy (non-hydrogen) atoms. The number of carbonyl (C=O) groups is 1. The van der Waals surface area contributed by atoms with Gasteiger partial charge in [0.05, 0.1) is 18.1 Å². The quantitative estimate of drug-likeness (QED) is 0.309. The number of fused-ring (bicyclic) bond motifs is 3. The molecule has 0 amide bonds. The average molecular weight is 433 g/mol. The van der Waals surface area contributed by atoms with Crippen molar-refractivity contribution in [3.05, 3.63) is 35.5 Å². The van der Waals surface area contributed by atoms with Gasteiger partial charge in [-0.15, -0.1) is 0 Å². The van der Waals surface area contributed by atoms with E-state index >= 15 is 0 Å². The molecule has 1 spiro atoms. The molecule has 9 atom stereocenters. The van der Waals surface area contributed by atoms with Gasteiger partial charge < -0.3 is 25.2 Å². The molecular weight excluding hydrogens is 396 g/mol. The molecule has 4 aliphatic rings. The third-order valence-electron chi connectivity index (χ3n) is 9.72. The summed E-state index contributed by atoms with van der Waals surface area (Å²) >= 11 is 0. The third-order valence-corrected chi connectivity index (χ3v) is 9.72. The van der Waals surface area contributed by atoms with Gasteiger partial charge in [0.15, 0.2) is 6.10 Å². The van der Waals surface area contributed by atoms with Gasteiger partial charge in [0.1, 0.15) is 11.7 Å². The number of aliphatic hydroxyl groups excluding tert-OH is 3. The van der Waals surface area contributed by atoms with Gasteiger partial charge in [-0.25, -0.2) is 4.79 Å². The minimum atomic E-state index is -2.01. The third kappa shape index (κ3) is 2.40. The first-order valence-electron chi connectivity index (χ1n) is 11.2. The fraction of sp³-hybridized carbons (Fsp3) is 0.720. The molecule has 0 aromatic heterocycles. The van der Waals surface area contributed by atoms with Gasteiger partial charge >= 0.3 is 5.97 Å². The van der Waals surface area contributed by atoms with Crippen molar-refractivity contribution in [2.24, 2.45) is 34.0 Å². The number of hydrogen-bond acceptors (Lipinski definition) is 6. The summed E-state index contributed by atoms with van der Waals surface area (Å²) < 4.78 is 5.67. The topological polar surface area (TPSA) is 107 Å². The van der Waals surface area contributed by atoms with E-state index in [1.807, 2.05) is 13.0 Å². The molecule has 0 saturated heterocycles. The molecule has 0 aromatic carbocycles. The van der Waals surface area contributed by atoms with Gasteiger partial charge in [-0.3, -0.25) is 0 Å². The Bertz CT molecular complexity index is 902. The van der Waals surface area contributed by atoms with Crippen LogP contribution in [0.5, 0.6) is 0 Å². The minimum Gasteiger partial charge on any atom is -0.451 e. The molecule has 4 rings (SSSR count). The lowest BCUT2D eigenvalue weighted by Crippen LogP contribution is -2.67. The summed E-state index contributed by atoms with van der Waals surface area (Å²) in [5.41, 5.74) is -2.50. The molecular formula is C25H36O6. The van der Waals surface area contributed by atoms with E-state index in [4.69, 9.17) is 4.74 Å². The maximum Gasteiger partial charge on any atom is 0.333 e. The Morgan fingerprint density at radius 2 is 1.90 bits per heavy atom. The van der Waals surface area contributed by atoms with Crippen molar-refractivity contribution < 1.29 is 30.0 Å². The van der Waals surface area contributed by atoms with Crippen molar-refractivity contribution in [3.8, 4) is 0 Å². The summed E-state index contributed by atoms with van der Waals surface area (Å²) in [6, 6.07) is 0. The monoisotopic (exact) mass is 432 g/mol. The Hall–Kier alpha value is -1.47. The van der Waals surface area contributed by atoms with E-state index < -0.39 is 41.9 Å². The maximum absolute atomic E-state index is 12.4. The van der Waals surface area contributed by atoms with E-state index in [1.165, 1.54) is 6.92 Å². The molecule has 6 heteroatoms. The first-order valence-corrected chi connectivity index (χ1v) is 11.2. The van der Waals surface area contributed by atoms with Crippen LogP contribution in [0.1, 0.15) is 48.0 Å². The Kier molecular flexibility index (Phi) is 4.79. The number of hydrogen-bond donors (Lipinski definition) is 4. The molecule has 2 saturated carbocycles. The van der Waals surface area contributed by atoms with Gasteiger partial charge in [0.25, 0.3) is 0 Å². The molecule has 4 aliphatic carbocycles. The van der Waals surface area contributed by atoms with Crippen LogP contribution in [0.2, 0.25) is 0 Å². The number of carbonyl (C=O) groups excluding carboxylic acids is 1. The van der Waals surface area contributed by atoms with Gasteiger partial charge in [-0.05, 0) is 54.1 Å². The van der Waals surface area contributed by atoms with Crippen molar-refractivity contribution in [1.29, 1.82) is 0 Å². The van der Waals surface area contributed by atoms with E-state index in [0.29, 0.717) is 11.5 Å². The second kappa shape index (κ2) is 6.53. The van der Waals surface area contributed by atoms with Crippen LogP contribution >= 0.6 is 0 Å². The molecule has 0 aliphatic heterocycles. The summed E-state index contributed by atoms with van der Waals surface area (Å²) in [5.74, 6) is -0.927. The first kappa shape index (κ1) is 22.7. The fourth-order valence-corrected chi connectivity index (χ4v) is 7.58. The predicted molar refractivity (Wildman–Crippen MR) is 116 cm³/mol. The Balaban J connectivity index is 1.95. The fourth-order valence-electron chi connectivity index (χ4n) is 7.58. The van der Waals surface area contributed by atoms with Crippen LogP contribution in [0.25, 0.3) is 0 Å². The van der Waals surface area contributed by atoms with Crippen LogP contribution < -0.4 is 0 Å². The second-order valence-corrected chi connectivity index (χ2v) is 11.2. The Morgan fingerprint density at radius 3 is 2.45 bits per heavy atom. The van der Waals surface area contributed by atoms with Crippen molar-refractivity contribution in [1.82, 2.24) is 0 Å². The number of esters is 1. The zero-order valence-corrected chi connectivity index (χ0v) is 19.3. The molecule has 0 heterocycles. The number of aliphatic hydroxyl groups is 4. The molecule has 172 valence electrons. The lowest BCUT2D eigenvalue weighted by Gasteiger charge is -2.52. The van der Waals surface area contributed by atoms with Crippen LogP contribution in [0, 0.1) is 34.0 Å². The highest BCUT2D eigenvalue weighted by molar-refractivity contribution is 5.87. The van der Waals surface area contributed by atoms with Gasteiger partial charge in [0, 0.05) is 11.5 Å². The predicted octanol–water partition coefficient (Wildman–Crippen LogP) is 2.12. The van der Waals surface area contributed by atoms with Crippen LogP contribution in [-0.2, 0) is 9.53 Å². The van der Waals surface area contributed by atoms with Crippen LogP contribution in [0.3, 0.4) is 0 Å². The van der Waals surface area contributed by atoms with Crippen LogP contribution in [0.4, 0.5) is 0 Å². The SMILES string of the molecule is C=C(C)C(=O)OC1C(C)=CC23C(C)CC4C(C)(C)C4(C)C(C=C(CO)C(O)C12O)C3O. The lowest BCUT2D eigenvalue weighted by atomic mass is 9.57. The van der Waals surface area contributed by atoms with E-state index in [2.05, 4.69) is 27.4 Å². The van der Waals surface area contributed by atoms with Gasteiger partial charge in [-0.2, -0.15) is 0 Å². The molecule has 2 fully saturated rings. The van der Waals surface area contributed by atoms with Crippen LogP contribution in [-0.4, -0.2) is 56.9 Å². The summed E-state index contributed by atoms with van der Waals surface area (Å²) in [5, 5.41) is 45.8. The highest BCUT2D eigenvalue weighted by atomic mass is 16.6. The first-order chi connectivity index (χ1) is 14.2. The molecule has 0 aromatic rings. The van der Waals surface area contributed by atoms with Crippen molar-refractivity contribution in [3.63, 3.8) is 0 Å². The summed E-state index contributed by atoms with van der Waals surface area (Å²) in [4.78, 5) is 12.4. The molecule has 6 nitrogen and oxygen atoms in total. The molecule has 2 bridgehead atoms. The molecule has 4 N–H and O–H groups in total. The highest BCUT2D eigenvalue weighted by Crippen LogP contribution is 2.79. The highest BCUT2D eigenvalue weighted by Gasteiger charge is 2.80. The standard InChI is InChI=1S/C25H36O6/c1-12(2)21(29)31-20-13(3)10-24-14(4)8-17-22(5,6)23(17,7)16(19(24)28)9-15(11-26)18(27)25(20,24)30/h9-10,14,16-20,26-28,30H,1,8,11H2,2-7H3. The van der Waals surface area contributed by atoms with E-state index in [1.54, 1.807) is 13.0 Å². The van der Waals surface area contributed by atoms with Crippen LogP contribution in [0.15, 0.2) is 35.5 Å². The summed E-state index contributed by atoms with van der Waals surface area (Å²) in [6.07, 6.45) is 0.676. The lowest BCUT2D eigenvalue weighted by molar-refractivity contribution is -0.224. The number of rotatable bonds is 3. The normalized spacial score (nSPS) is 49.6. The molecule has 0 radical (unpaired) electrons. The van der Waals surface area contributed by atoms with E-state index in [9.17, 15) is 25.2 Å². The van der Waals surface area contributed by atoms with Crippen molar-refractivity contribution in [2.45, 2.75) is 71.9 Å². The van der Waals surface area contributed by atoms with Crippen molar-refractivity contribution >= 4 is 5.97 Å². The second-order valence-electron chi connectivity index (χ2n) is 11.2. The zero-order chi connectivity index (χ0) is 23.3.